The van der Waals surface area contributed by atoms with Crippen LogP contribution in [0.5, 0.6) is 0 Å². The van der Waals surface area contributed by atoms with E-state index in [9.17, 15) is 4.79 Å². The number of thiophene rings is 1. The van der Waals surface area contributed by atoms with Gasteiger partial charge in [-0.3, -0.25) is 14.7 Å². The second-order valence-electron chi connectivity index (χ2n) is 6.04. The van der Waals surface area contributed by atoms with Gasteiger partial charge in [-0.2, -0.15) is 0 Å². The van der Waals surface area contributed by atoms with Crippen molar-refractivity contribution in [1.82, 2.24) is 15.2 Å². The maximum absolute atomic E-state index is 12.3. The molecule has 3 heterocycles. The first-order chi connectivity index (χ1) is 11.2. The molecular weight excluding hydrogens is 306 g/mol. The molecule has 0 radical (unpaired) electrons. The molecule has 1 fully saturated rings. The molecule has 122 valence electrons. The number of rotatable bonds is 5. The molecule has 1 N–H and O–H groups in total. The van der Waals surface area contributed by atoms with Crippen LogP contribution in [0.15, 0.2) is 35.8 Å². The first-order valence-electron chi connectivity index (χ1n) is 8.26. The molecule has 1 aliphatic heterocycles. The Morgan fingerprint density at radius 2 is 2.35 bits per heavy atom. The van der Waals surface area contributed by atoms with Gasteiger partial charge in [-0.25, -0.2) is 0 Å². The maximum atomic E-state index is 12.3. The lowest BCUT2D eigenvalue weighted by atomic mass is 10.0. The number of carbonyl (C=O) groups excluding carboxylic acids is 1. The van der Waals surface area contributed by atoms with E-state index in [0.717, 1.165) is 23.7 Å². The number of aromatic nitrogens is 1. The highest BCUT2D eigenvalue weighted by atomic mass is 32.1. The molecule has 0 unspecified atom stereocenters. The van der Waals surface area contributed by atoms with Gasteiger partial charge in [0.1, 0.15) is 0 Å². The predicted octanol–water partition coefficient (Wildman–Crippen LogP) is 3.41. The average Bonchev–Trinajstić information content (AvgIpc) is 3.11. The van der Waals surface area contributed by atoms with Gasteiger partial charge in [0, 0.05) is 30.9 Å². The summed E-state index contributed by atoms with van der Waals surface area (Å²) in [6, 6.07) is 8.29. The molecule has 4 nitrogen and oxygen atoms in total. The third-order valence-corrected chi connectivity index (χ3v) is 5.31. The smallest absolute Gasteiger partial charge is 0.251 e. The van der Waals surface area contributed by atoms with Gasteiger partial charge in [0.15, 0.2) is 0 Å². The van der Waals surface area contributed by atoms with Gasteiger partial charge in [-0.15, -0.1) is 11.3 Å². The van der Waals surface area contributed by atoms with E-state index in [1.165, 1.54) is 19.3 Å². The largest absolute Gasteiger partial charge is 0.351 e. The van der Waals surface area contributed by atoms with Crippen LogP contribution in [-0.4, -0.2) is 41.5 Å². The molecule has 5 heteroatoms. The summed E-state index contributed by atoms with van der Waals surface area (Å²) in [6.07, 6.45) is 5.57. The number of amides is 1. The Bertz CT molecular complexity index is 641. The topological polar surface area (TPSA) is 45.2 Å². The zero-order valence-electron chi connectivity index (χ0n) is 13.5. The molecule has 1 saturated heterocycles. The summed E-state index contributed by atoms with van der Waals surface area (Å²) in [6.45, 7) is 5.04. The molecule has 3 rings (SSSR count). The standard InChI is InChI=1S/C18H23N3OS/c1-14-5-2-3-10-21(14)11-9-20-18(22)15-7-8-19-16(13-15)17-6-4-12-23-17/h4,6-8,12-14H,2-3,5,9-11H2,1H3,(H,20,22)/t14-/m0/s1. The number of piperidine rings is 1. The Labute approximate surface area is 141 Å². The SMILES string of the molecule is C[C@H]1CCCCN1CCNC(=O)c1ccnc(-c2cccs2)c1. The number of nitrogens with zero attached hydrogens (tertiary/aromatic N) is 2. The minimum atomic E-state index is -0.0186. The van der Waals surface area contributed by atoms with Crippen molar-refractivity contribution < 1.29 is 4.79 Å². The Morgan fingerprint density at radius 1 is 1.43 bits per heavy atom. The van der Waals surface area contributed by atoms with E-state index < -0.39 is 0 Å². The van der Waals surface area contributed by atoms with E-state index in [1.54, 1.807) is 23.6 Å². The van der Waals surface area contributed by atoms with Gasteiger partial charge in [-0.1, -0.05) is 12.5 Å². The van der Waals surface area contributed by atoms with Crippen molar-refractivity contribution in [2.75, 3.05) is 19.6 Å². The second kappa shape index (κ2) is 7.70. The van der Waals surface area contributed by atoms with E-state index in [1.807, 2.05) is 23.6 Å². The molecule has 0 spiro atoms. The molecule has 0 aliphatic carbocycles. The molecule has 1 amide bonds. The lowest BCUT2D eigenvalue weighted by Gasteiger charge is -2.33. The Kier molecular flexibility index (Phi) is 5.41. The summed E-state index contributed by atoms with van der Waals surface area (Å²) in [4.78, 5) is 20.2. The molecule has 0 saturated carbocycles. The summed E-state index contributed by atoms with van der Waals surface area (Å²) in [5, 5.41) is 5.05. The van der Waals surface area contributed by atoms with Crippen LogP contribution in [0.4, 0.5) is 0 Å². The molecular formula is C18H23N3OS. The zero-order valence-corrected chi connectivity index (χ0v) is 14.3. The summed E-state index contributed by atoms with van der Waals surface area (Å²) in [5.74, 6) is -0.0186. The van der Waals surface area contributed by atoms with Crippen LogP contribution in [0.2, 0.25) is 0 Å². The van der Waals surface area contributed by atoms with Crippen molar-refractivity contribution in [2.24, 2.45) is 0 Å². The summed E-state index contributed by atoms with van der Waals surface area (Å²) < 4.78 is 0. The lowest BCUT2D eigenvalue weighted by Crippen LogP contribution is -2.42. The van der Waals surface area contributed by atoms with Crippen LogP contribution in [-0.2, 0) is 0 Å². The van der Waals surface area contributed by atoms with Gasteiger partial charge in [0.25, 0.3) is 5.91 Å². The normalized spacial score (nSPS) is 18.7. The summed E-state index contributed by atoms with van der Waals surface area (Å²) in [7, 11) is 0. The van der Waals surface area contributed by atoms with Crippen LogP contribution in [0.3, 0.4) is 0 Å². The molecule has 1 atom stereocenters. The predicted molar refractivity (Wildman–Crippen MR) is 94.8 cm³/mol. The third kappa shape index (κ3) is 4.18. The number of nitrogens with one attached hydrogen (secondary N) is 1. The van der Waals surface area contributed by atoms with E-state index in [-0.39, 0.29) is 5.91 Å². The number of likely N-dealkylation sites (tertiary alicyclic amines) is 1. The monoisotopic (exact) mass is 329 g/mol. The molecule has 0 aromatic carbocycles. The molecule has 0 bridgehead atoms. The summed E-state index contributed by atoms with van der Waals surface area (Å²) >= 11 is 1.63. The maximum Gasteiger partial charge on any atom is 0.251 e. The molecule has 2 aromatic heterocycles. The number of carbonyl (C=O) groups is 1. The van der Waals surface area contributed by atoms with E-state index in [2.05, 4.69) is 22.1 Å². The van der Waals surface area contributed by atoms with Crippen LogP contribution in [0.25, 0.3) is 10.6 Å². The van der Waals surface area contributed by atoms with E-state index >= 15 is 0 Å². The van der Waals surface area contributed by atoms with Crippen LogP contribution in [0, 0.1) is 0 Å². The van der Waals surface area contributed by atoms with Crippen LogP contribution in [0.1, 0.15) is 36.5 Å². The highest BCUT2D eigenvalue weighted by Crippen LogP contribution is 2.23. The second-order valence-corrected chi connectivity index (χ2v) is 6.99. The van der Waals surface area contributed by atoms with Gasteiger partial charge < -0.3 is 5.32 Å². The average molecular weight is 329 g/mol. The molecule has 23 heavy (non-hydrogen) atoms. The zero-order chi connectivity index (χ0) is 16.1. The molecule has 1 aliphatic rings. The fourth-order valence-electron chi connectivity index (χ4n) is 3.04. The minimum absolute atomic E-state index is 0.0186. The fraction of sp³-hybridized carbons (Fsp3) is 0.444. The Balaban J connectivity index is 1.55. The van der Waals surface area contributed by atoms with E-state index in [4.69, 9.17) is 0 Å². The van der Waals surface area contributed by atoms with Crippen molar-refractivity contribution in [1.29, 1.82) is 0 Å². The first kappa shape index (κ1) is 16.1. The van der Waals surface area contributed by atoms with Crippen molar-refractivity contribution in [3.05, 3.63) is 41.4 Å². The van der Waals surface area contributed by atoms with Crippen molar-refractivity contribution >= 4 is 17.2 Å². The fourth-order valence-corrected chi connectivity index (χ4v) is 3.73. The highest BCUT2D eigenvalue weighted by molar-refractivity contribution is 7.13. The first-order valence-corrected chi connectivity index (χ1v) is 9.14. The minimum Gasteiger partial charge on any atom is -0.351 e. The van der Waals surface area contributed by atoms with Gasteiger partial charge in [0.05, 0.1) is 10.6 Å². The number of hydrogen-bond acceptors (Lipinski definition) is 4. The Hall–Kier alpha value is -1.72. The third-order valence-electron chi connectivity index (χ3n) is 4.42. The van der Waals surface area contributed by atoms with Gasteiger partial charge in [-0.05, 0) is 49.9 Å². The number of pyridine rings is 1. The summed E-state index contributed by atoms with van der Waals surface area (Å²) in [5.41, 5.74) is 1.53. The van der Waals surface area contributed by atoms with Crippen molar-refractivity contribution in [3.8, 4) is 10.6 Å². The quantitative estimate of drug-likeness (QED) is 0.914. The van der Waals surface area contributed by atoms with Crippen molar-refractivity contribution in [3.63, 3.8) is 0 Å². The van der Waals surface area contributed by atoms with E-state index in [0.29, 0.717) is 18.2 Å². The van der Waals surface area contributed by atoms with Gasteiger partial charge in [0.2, 0.25) is 0 Å². The highest BCUT2D eigenvalue weighted by Gasteiger charge is 2.17. The van der Waals surface area contributed by atoms with Crippen molar-refractivity contribution in [2.45, 2.75) is 32.2 Å². The van der Waals surface area contributed by atoms with Gasteiger partial charge >= 0.3 is 0 Å². The number of hydrogen-bond donors (Lipinski definition) is 1. The van der Waals surface area contributed by atoms with Crippen LogP contribution < -0.4 is 5.32 Å². The Morgan fingerprint density at radius 3 is 3.13 bits per heavy atom. The molecule has 2 aromatic rings. The lowest BCUT2D eigenvalue weighted by molar-refractivity contribution is 0.0938. The van der Waals surface area contributed by atoms with Crippen LogP contribution >= 0.6 is 11.3 Å².